The lowest BCUT2D eigenvalue weighted by Gasteiger charge is -2.16. The minimum absolute atomic E-state index is 0.0783. The van der Waals surface area contributed by atoms with Crippen molar-refractivity contribution >= 4 is 11.7 Å². The van der Waals surface area contributed by atoms with E-state index in [2.05, 4.69) is 0 Å². The Hall–Kier alpha value is -2.75. The molecule has 2 aromatic rings. The van der Waals surface area contributed by atoms with Gasteiger partial charge in [0.1, 0.15) is 18.5 Å². The third kappa shape index (κ3) is 4.33. The van der Waals surface area contributed by atoms with Crippen LogP contribution in [0.1, 0.15) is 23.0 Å². The molecule has 0 aliphatic heterocycles. The molecule has 9 heteroatoms. The fourth-order valence-corrected chi connectivity index (χ4v) is 2.74. The zero-order valence-corrected chi connectivity index (χ0v) is 15.1. The molecule has 2 rings (SSSR count). The zero-order chi connectivity index (χ0) is 20.0. The van der Waals surface area contributed by atoms with Crippen molar-refractivity contribution in [3.8, 4) is 11.3 Å². The molecule has 0 saturated heterocycles. The van der Waals surface area contributed by atoms with Crippen LogP contribution in [0.5, 0.6) is 0 Å². The molecule has 146 valence electrons. The number of ether oxygens (including phenoxy) is 2. The molecule has 0 aliphatic rings. The first kappa shape index (κ1) is 20.6. The van der Waals surface area contributed by atoms with Crippen molar-refractivity contribution < 1.29 is 29.4 Å². The molecule has 27 heavy (non-hydrogen) atoms. The molecule has 9 nitrogen and oxygen atoms in total. The summed E-state index contributed by atoms with van der Waals surface area (Å²) >= 11 is 0. The van der Waals surface area contributed by atoms with Crippen molar-refractivity contribution in [3.05, 3.63) is 51.7 Å². The quantitative estimate of drug-likeness (QED) is 0.388. The van der Waals surface area contributed by atoms with Crippen LogP contribution < -0.4 is 0 Å². The van der Waals surface area contributed by atoms with Crippen molar-refractivity contribution in [2.45, 2.75) is 26.7 Å². The van der Waals surface area contributed by atoms with Gasteiger partial charge in [-0.15, -0.1) is 0 Å². The Balaban J connectivity index is 2.67. The smallest absolute Gasteiger partial charge is 0.347 e. The van der Waals surface area contributed by atoms with Gasteiger partial charge in [-0.2, -0.15) is 0 Å². The Morgan fingerprint density at radius 1 is 1.26 bits per heavy atom. The van der Waals surface area contributed by atoms with Crippen molar-refractivity contribution in [3.63, 3.8) is 0 Å². The van der Waals surface area contributed by atoms with E-state index in [4.69, 9.17) is 9.47 Å². The standard InChI is InChI=1S/C18H22N2O7/c1-3-26-18(23)15-12(2)19(11-27-14(9-21)10-22)16(17(15)20(24)25)13-7-5-4-6-8-13/h4-8,14,21-22H,3,9-11H2,1-2H3. The summed E-state index contributed by atoms with van der Waals surface area (Å²) in [5.41, 5.74) is 0.500. The fraction of sp³-hybridized carbons (Fsp3) is 0.389. The van der Waals surface area contributed by atoms with E-state index in [1.165, 1.54) is 4.57 Å². The Bertz CT molecular complexity index is 798. The highest BCUT2D eigenvalue weighted by Gasteiger charge is 2.35. The number of esters is 1. The van der Waals surface area contributed by atoms with Gasteiger partial charge in [-0.1, -0.05) is 30.3 Å². The van der Waals surface area contributed by atoms with Crippen LogP contribution in [0.4, 0.5) is 5.69 Å². The summed E-state index contributed by atoms with van der Waals surface area (Å²) in [6, 6.07) is 8.58. The molecule has 1 heterocycles. The lowest BCUT2D eigenvalue weighted by Crippen LogP contribution is -2.24. The Morgan fingerprint density at radius 2 is 1.89 bits per heavy atom. The fourth-order valence-electron chi connectivity index (χ4n) is 2.74. The predicted octanol–water partition coefficient (Wildman–Crippen LogP) is 1.88. The van der Waals surface area contributed by atoms with Crippen LogP contribution >= 0.6 is 0 Å². The summed E-state index contributed by atoms with van der Waals surface area (Å²) in [5, 5.41) is 30.2. The lowest BCUT2D eigenvalue weighted by molar-refractivity contribution is -0.384. The summed E-state index contributed by atoms with van der Waals surface area (Å²) in [5.74, 6) is -0.793. The topological polar surface area (TPSA) is 124 Å². The second-order valence-corrected chi connectivity index (χ2v) is 5.71. The molecule has 0 atom stereocenters. The minimum Gasteiger partial charge on any atom is -0.462 e. The van der Waals surface area contributed by atoms with E-state index < -0.39 is 30.2 Å². The van der Waals surface area contributed by atoms with E-state index in [9.17, 15) is 25.1 Å². The third-order valence-electron chi connectivity index (χ3n) is 4.05. The van der Waals surface area contributed by atoms with Crippen LogP contribution in [-0.4, -0.2) is 51.6 Å². The van der Waals surface area contributed by atoms with Crippen LogP contribution in [0.15, 0.2) is 30.3 Å². The number of nitro groups is 1. The molecule has 0 spiro atoms. The average molecular weight is 378 g/mol. The summed E-state index contributed by atoms with van der Waals surface area (Å²) < 4.78 is 11.9. The molecule has 0 fully saturated rings. The Labute approximate surface area is 155 Å². The summed E-state index contributed by atoms with van der Waals surface area (Å²) in [6.45, 7) is 2.23. The summed E-state index contributed by atoms with van der Waals surface area (Å²) in [4.78, 5) is 23.6. The second-order valence-electron chi connectivity index (χ2n) is 5.71. The molecule has 0 radical (unpaired) electrons. The Morgan fingerprint density at radius 3 is 2.41 bits per heavy atom. The SMILES string of the molecule is CCOC(=O)c1c([N+](=O)[O-])c(-c2ccccc2)n(COC(CO)CO)c1C. The van der Waals surface area contributed by atoms with E-state index >= 15 is 0 Å². The van der Waals surface area contributed by atoms with E-state index in [1.807, 2.05) is 0 Å². The zero-order valence-electron chi connectivity index (χ0n) is 15.1. The van der Waals surface area contributed by atoms with Crippen molar-refractivity contribution in [1.82, 2.24) is 4.57 Å². The van der Waals surface area contributed by atoms with Gasteiger partial charge in [0, 0.05) is 11.3 Å². The molecule has 1 aromatic carbocycles. The first-order valence-electron chi connectivity index (χ1n) is 8.39. The summed E-state index contributed by atoms with van der Waals surface area (Å²) in [6.07, 6.45) is -0.847. The largest absolute Gasteiger partial charge is 0.462 e. The van der Waals surface area contributed by atoms with E-state index in [0.29, 0.717) is 11.3 Å². The molecule has 0 saturated carbocycles. The molecule has 0 amide bonds. The number of rotatable bonds is 9. The van der Waals surface area contributed by atoms with Crippen LogP contribution in [-0.2, 0) is 16.2 Å². The number of aliphatic hydroxyl groups is 2. The van der Waals surface area contributed by atoms with Crippen LogP contribution in [0.2, 0.25) is 0 Å². The number of carbonyl (C=O) groups excluding carboxylic acids is 1. The van der Waals surface area contributed by atoms with E-state index in [0.717, 1.165) is 0 Å². The highest BCUT2D eigenvalue weighted by molar-refractivity contribution is 5.99. The van der Waals surface area contributed by atoms with Gasteiger partial charge in [0.2, 0.25) is 0 Å². The molecule has 0 aliphatic carbocycles. The molecule has 1 aromatic heterocycles. The third-order valence-corrected chi connectivity index (χ3v) is 4.05. The van der Waals surface area contributed by atoms with E-state index in [-0.39, 0.29) is 30.3 Å². The summed E-state index contributed by atoms with van der Waals surface area (Å²) in [7, 11) is 0. The normalized spacial score (nSPS) is 11.0. The number of aliphatic hydroxyl groups excluding tert-OH is 2. The number of aromatic nitrogens is 1. The van der Waals surface area contributed by atoms with Gasteiger partial charge in [0.15, 0.2) is 5.56 Å². The number of hydrogen-bond acceptors (Lipinski definition) is 7. The van der Waals surface area contributed by atoms with Gasteiger partial charge in [0.25, 0.3) is 0 Å². The van der Waals surface area contributed by atoms with Crippen molar-refractivity contribution in [2.75, 3.05) is 19.8 Å². The van der Waals surface area contributed by atoms with Gasteiger partial charge >= 0.3 is 11.7 Å². The van der Waals surface area contributed by atoms with Gasteiger partial charge in [-0.05, 0) is 13.8 Å². The number of nitrogens with zero attached hydrogens (tertiary/aromatic N) is 2. The highest BCUT2D eigenvalue weighted by Crippen LogP contribution is 2.38. The molecular weight excluding hydrogens is 356 g/mol. The molecule has 0 unspecified atom stereocenters. The number of carbonyl (C=O) groups is 1. The first-order valence-corrected chi connectivity index (χ1v) is 8.39. The molecular formula is C18H22N2O7. The van der Waals surface area contributed by atoms with Gasteiger partial charge in [-0.25, -0.2) is 4.79 Å². The van der Waals surface area contributed by atoms with E-state index in [1.54, 1.807) is 44.2 Å². The van der Waals surface area contributed by atoms with Gasteiger partial charge in [0.05, 0.1) is 24.7 Å². The Kier molecular flexibility index (Phi) is 7.05. The second kappa shape index (κ2) is 9.26. The van der Waals surface area contributed by atoms with Crippen LogP contribution in [0.25, 0.3) is 11.3 Å². The predicted molar refractivity (Wildman–Crippen MR) is 96.3 cm³/mol. The monoisotopic (exact) mass is 378 g/mol. The molecule has 2 N–H and O–H groups in total. The minimum atomic E-state index is -0.847. The number of benzene rings is 1. The maximum atomic E-state index is 12.4. The van der Waals surface area contributed by atoms with Gasteiger partial charge < -0.3 is 24.3 Å². The maximum Gasteiger partial charge on any atom is 0.347 e. The maximum absolute atomic E-state index is 12.4. The van der Waals surface area contributed by atoms with Crippen molar-refractivity contribution in [1.29, 1.82) is 0 Å². The molecule has 0 bridgehead atoms. The highest BCUT2D eigenvalue weighted by atomic mass is 16.6. The van der Waals surface area contributed by atoms with Gasteiger partial charge in [-0.3, -0.25) is 10.1 Å². The van der Waals surface area contributed by atoms with Crippen LogP contribution in [0, 0.1) is 17.0 Å². The number of hydrogen-bond donors (Lipinski definition) is 2. The average Bonchev–Trinajstić information content (AvgIpc) is 2.96. The van der Waals surface area contributed by atoms with Crippen molar-refractivity contribution in [2.24, 2.45) is 0 Å². The van der Waals surface area contributed by atoms with Crippen LogP contribution in [0.3, 0.4) is 0 Å². The lowest BCUT2D eigenvalue weighted by atomic mass is 10.1. The first-order chi connectivity index (χ1) is 13.0.